The second kappa shape index (κ2) is 10.1. The molecule has 0 spiro atoms. The predicted molar refractivity (Wildman–Crippen MR) is 118 cm³/mol. The summed E-state index contributed by atoms with van der Waals surface area (Å²) in [7, 11) is 0. The standard InChI is InChI=1S/C21H21ClN4O2S/c1-3-12-26-20(15-6-5-7-16(22)13-15)24-25-21(26)29-14-19(27)23-17-8-10-18(11-9-17)28-4-2/h3,5-11,13H,1,4,12,14H2,2H3,(H,23,27). The van der Waals surface area contributed by atoms with E-state index in [-0.39, 0.29) is 11.7 Å². The van der Waals surface area contributed by atoms with E-state index in [1.165, 1.54) is 11.8 Å². The first-order valence-electron chi connectivity index (χ1n) is 9.06. The number of aromatic nitrogens is 3. The number of allylic oxidation sites excluding steroid dienone is 1. The van der Waals surface area contributed by atoms with Crippen LogP contribution in [0.15, 0.2) is 66.3 Å². The van der Waals surface area contributed by atoms with Crippen LogP contribution in [0.25, 0.3) is 11.4 Å². The molecule has 150 valence electrons. The highest BCUT2D eigenvalue weighted by molar-refractivity contribution is 7.99. The second-order valence-electron chi connectivity index (χ2n) is 6.01. The first-order chi connectivity index (χ1) is 14.1. The van der Waals surface area contributed by atoms with E-state index in [1.807, 2.05) is 54.0 Å². The Morgan fingerprint density at radius 1 is 1.28 bits per heavy atom. The summed E-state index contributed by atoms with van der Waals surface area (Å²) in [5.41, 5.74) is 1.57. The number of ether oxygens (including phenoxy) is 1. The van der Waals surface area contributed by atoms with Crippen LogP contribution in [0.4, 0.5) is 5.69 Å². The van der Waals surface area contributed by atoms with Crippen molar-refractivity contribution in [1.29, 1.82) is 0 Å². The van der Waals surface area contributed by atoms with E-state index >= 15 is 0 Å². The van der Waals surface area contributed by atoms with Gasteiger partial charge in [0, 0.05) is 22.8 Å². The highest BCUT2D eigenvalue weighted by atomic mass is 35.5. The molecule has 0 aliphatic carbocycles. The van der Waals surface area contributed by atoms with Gasteiger partial charge >= 0.3 is 0 Å². The number of halogens is 1. The number of carbonyl (C=O) groups excluding carboxylic acids is 1. The van der Waals surface area contributed by atoms with Crippen LogP contribution in [0.3, 0.4) is 0 Å². The van der Waals surface area contributed by atoms with Crippen LogP contribution < -0.4 is 10.1 Å². The molecular formula is C21H21ClN4O2S. The summed E-state index contributed by atoms with van der Waals surface area (Å²) in [5.74, 6) is 1.53. The minimum atomic E-state index is -0.128. The first-order valence-corrected chi connectivity index (χ1v) is 10.4. The maximum atomic E-state index is 12.3. The van der Waals surface area contributed by atoms with Gasteiger partial charge in [-0.1, -0.05) is 41.6 Å². The molecule has 0 unspecified atom stereocenters. The van der Waals surface area contributed by atoms with Crippen molar-refractivity contribution in [2.45, 2.75) is 18.6 Å². The van der Waals surface area contributed by atoms with E-state index in [0.29, 0.717) is 34.8 Å². The number of hydrogen-bond donors (Lipinski definition) is 1. The molecule has 3 rings (SSSR count). The molecule has 0 saturated heterocycles. The molecule has 1 amide bonds. The molecule has 29 heavy (non-hydrogen) atoms. The van der Waals surface area contributed by atoms with Gasteiger partial charge in [0.05, 0.1) is 12.4 Å². The van der Waals surface area contributed by atoms with E-state index in [0.717, 1.165) is 11.3 Å². The van der Waals surface area contributed by atoms with E-state index in [2.05, 4.69) is 22.1 Å². The molecule has 1 heterocycles. The Kier molecular flexibility index (Phi) is 7.32. The molecule has 0 saturated carbocycles. The minimum absolute atomic E-state index is 0.128. The fourth-order valence-corrected chi connectivity index (χ4v) is 3.60. The smallest absolute Gasteiger partial charge is 0.234 e. The maximum Gasteiger partial charge on any atom is 0.234 e. The third kappa shape index (κ3) is 5.62. The molecule has 0 radical (unpaired) electrons. The van der Waals surface area contributed by atoms with Crippen molar-refractivity contribution in [3.63, 3.8) is 0 Å². The molecule has 1 N–H and O–H groups in total. The van der Waals surface area contributed by atoms with E-state index < -0.39 is 0 Å². The Morgan fingerprint density at radius 2 is 2.07 bits per heavy atom. The lowest BCUT2D eigenvalue weighted by atomic mass is 10.2. The Hall–Kier alpha value is -2.77. The summed E-state index contributed by atoms with van der Waals surface area (Å²) >= 11 is 7.41. The van der Waals surface area contributed by atoms with Crippen molar-refractivity contribution in [3.05, 3.63) is 66.2 Å². The van der Waals surface area contributed by atoms with Crippen molar-refractivity contribution in [3.8, 4) is 17.1 Å². The van der Waals surface area contributed by atoms with Gasteiger partial charge in [-0.25, -0.2) is 0 Å². The molecule has 1 aromatic heterocycles. The molecule has 8 heteroatoms. The van der Waals surface area contributed by atoms with Crippen LogP contribution in [0, 0.1) is 0 Å². The van der Waals surface area contributed by atoms with E-state index in [9.17, 15) is 4.79 Å². The lowest BCUT2D eigenvalue weighted by Crippen LogP contribution is -2.14. The van der Waals surface area contributed by atoms with E-state index in [4.69, 9.17) is 16.3 Å². The van der Waals surface area contributed by atoms with Crippen LogP contribution in [-0.2, 0) is 11.3 Å². The lowest BCUT2D eigenvalue weighted by molar-refractivity contribution is -0.113. The molecule has 2 aromatic carbocycles. The number of rotatable bonds is 9. The monoisotopic (exact) mass is 428 g/mol. The number of carbonyl (C=O) groups is 1. The van der Waals surface area contributed by atoms with Crippen LogP contribution in [0.5, 0.6) is 5.75 Å². The van der Waals surface area contributed by atoms with Crippen molar-refractivity contribution in [2.24, 2.45) is 0 Å². The maximum absolute atomic E-state index is 12.3. The molecule has 6 nitrogen and oxygen atoms in total. The number of benzene rings is 2. The summed E-state index contributed by atoms with van der Waals surface area (Å²) in [6, 6.07) is 14.7. The van der Waals surface area contributed by atoms with Gasteiger partial charge in [0.25, 0.3) is 0 Å². The van der Waals surface area contributed by atoms with Gasteiger partial charge in [0.2, 0.25) is 5.91 Å². The summed E-state index contributed by atoms with van der Waals surface area (Å²) in [5, 5.41) is 12.6. The molecule has 0 aliphatic rings. The summed E-state index contributed by atoms with van der Waals surface area (Å²) in [4.78, 5) is 12.3. The molecule has 0 atom stereocenters. The van der Waals surface area contributed by atoms with Gasteiger partial charge < -0.3 is 10.1 Å². The van der Waals surface area contributed by atoms with Crippen LogP contribution in [-0.4, -0.2) is 33.0 Å². The summed E-state index contributed by atoms with van der Waals surface area (Å²) in [6.45, 7) is 6.85. The predicted octanol–water partition coefficient (Wildman–Crippen LogP) is 4.91. The van der Waals surface area contributed by atoms with Crippen molar-refractivity contribution in [1.82, 2.24) is 14.8 Å². The van der Waals surface area contributed by atoms with Crippen LogP contribution in [0.1, 0.15) is 6.92 Å². The van der Waals surface area contributed by atoms with Gasteiger partial charge in [0.1, 0.15) is 5.75 Å². The highest BCUT2D eigenvalue weighted by Gasteiger charge is 2.15. The molecule has 0 bridgehead atoms. The number of nitrogens with one attached hydrogen (secondary N) is 1. The number of anilines is 1. The quantitative estimate of drug-likeness (QED) is 0.387. The third-order valence-electron chi connectivity index (χ3n) is 3.89. The second-order valence-corrected chi connectivity index (χ2v) is 7.39. The topological polar surface area (TPSA) is 69.0 Å². The zero-order valence-electron chi connectivity index (χ0n) is 16.0. The number of hydrogen-bond acceptors (Lipinski definition) is 5. The number of nitrogens with zero attached hydrogens (tertiary/aromatic N) is 3. The SMILES string of the molecule is C=CCn1c(SCC(=O)Nc2ccc(OCC)cc2)nnc1-c1cccc(Cl)c1. The number of amides is 1. The average Bonchev–Trinajstić information content (AvgIpc) is 3.11. The van der Waals surface area contributed by atoms with Crippen molar-refractivity contribution < 1.29 is 9.53 Å². The first kappa shape index (κ1) is 21.0. The Bertz CT molecular complexity index is 989. The Morgan fingerprint density at radius 3 is 2.76 bits per heavy atom. The molecule has 0 aliphatic heterocycles. The fraction of sp³-hybridized carbons (Fsp3) is 0.190. The zero-order chi connectivity index (χ0) is 20.6. The zero-order valence-corrected chi connectivity index (χ0v) is 17.5. The molecule has 3 aromatic rings. The normalized spacial score (nSPS) is 10.6. The van der Waals surface area contributed by atoms with Gasteiger partial charge in [-0.3, -0.25) is 9.36 Å². The summed E-state index contributed by atoms with van der Waals surface area (Å²) < 4.78 is 7.31. The Labute approximate surface area is 178 Å². The highest BCUT2D eigenvalue weighted by Crippen LogP contribution is 2.26. The average molecular weight is 429 g/mol. The largest absolute Gasteiger partial charge is 0.494 e. The van der Waals surface area contributed by atoms with Gasteiger partial charge in [-0.2, -0.15) is 0 Å². The minimum Gasteiger partial charge on any atom is -0.494 e. The van der Waals surface area contributed by atoms with Crippen molar-refractivity contribution in [2.75, 3.05) is 17.7 Å². The van der Waals surface area contributed by atoms with Gasteiger partial charge in [-0.05, 0) is 43.3 Å². The lowest BCUT2D eigenvalue weighted by Gasteiger charge is -2.09. The van der Waals surface area contributed by atoms with Gasteiger partial charge in [-0.15, -0.1) is 16.8 Å². The van der Waals surface area contributed by atoms with Crippen LogP contribution in [0.2, 0.25) is 5.02 Å². The number of thioether (sulfide) groups is 1. The summed E-state index contributed by atoms with van der Waals surface area (Å²) in [6.07, 6.45) is 1.77. The fourth-order valence-electron chi connectivity index (χ4n) is 2.66. The molecule has 0 fully saturated rings. The Balaban J connectivity index is 1.66. The van der Waals surface area contributed by atoms with E-state index in [1.54, 1.807) is 12.1 Å². The van der Waals surface area contributed by atoms with Gasteiger partial charge in [0.15, 0.2) is 11.0 Å². The van der Waals surface area contributed by atoms with Crippen molar-refractivity contribution >= 4 is 35.0 Å². The third-order valence-corrected chi connectivity index (χ3v) is 5.09. The van der Waals surface area contributed by atoms with Crippen LogP contribution >= 0.6 is 23.4 Å². The molecular weight excluding hydrogens is 408 g/mol.